The first-order chi connectivity index (χ1) is 14.0. The van der Waals surface area contributed by atoms with E-state index in [4.69, 9.17) is 0 Å². The van der Waals surface area contributed by atoms with Crippen LogP contribution in [0.1, 0.15) is 24.0 Å². The van der Waals surface area contributed by atoms with Crippen molar-refractivity contribution in [3.63, 3.8) is 0 Å². The minimum Gasteiger partial charge on any atom is -0.322 e. The molecule has 3 aromatic rings. The average molecular weight is 395 g/mol. The summed E-state index contributed by atoms with van der Waals surface area (Å²) in [6.07, 6.45) is 3.32. The first-order valence-electron chi connectivity index (χ1n) is 9.46. The van der Waals surface area contributed by atoms with Crippen molar-refractivity contribution in [2.45, 2.75) is 32.2 Å². The van der Waals surface area contributed by atoms with Crippen LogP contribution in [0.15, 0.2) is 53.3 Å². The summed E-state index contributed by atoms with van der Waals surface area (Å²) in [7, 11) is 0. The van der Waals surface area contributed by atoms with Crippen molar-refractivity contribution in [1.82, 2.24) is 9.78 Å². The molecule has 0 fully saturated rings. The van der Waals surface area contributed by atoms with Gasteiger partial charge < -0.3 is 5.32 Å². The summed E-state index contributed by atoms with van der Waals surface area (Å²) in [4.78, 5) is 25.3. The Morgan fingerprint density at radius 2 is 1.76 bits per heavy atom. The molecule has 0 aliphatic heterocycles. The number of nitrogens with one attached hydrogen (secondary N) is 1. The molecule has 4 rings (SSSR count). The zero-order chi connectivity index (χ0) is 20.4. The fourth-order valence-corrected chi connectivity index (χ4v) is 3.64. The summed E-state index contributed by atoms with van der Waals surface area (Å²) in [6.45, 7) is -0.358. The summed E-state index contributed by atoms with van der Waals surface area (Å²) in [5, 5.41) is 6.84. The van der Waals surface area contributed by atoms with E-state index in [1.54, 1.807) is 0 Å². The minimum atomic E-state index is -0.880. The number of nitrogens with zero attached hydrogens (tertiary/aromatic N) is 2. The molecule has 0 saturated heterocycles. The maximum atomic E-state index is 13.8. The molecule has 0 saturated carbocycles. The molecular formula is C22H19F2N3O2. The number of anilines is 1. The molecule has 1 aliphatic rings. The van der Waals surface area contributed by atoms with Crippen molar-refractivity contribution in [2.24, 2.45) is 0 Å². The minimum absolute atomic E-state index is 0.148. The number of carbonyl (C=O) groups is 1. The second kappa shape index (κ2) is 7.95. The van der Waals surface area contributed by atoms with E-state index in [9.17, 15) is 18.4 Å². The first kappa shape index (κ1) is 19.0. The molecule has 0 bridgehead atoms. The van der Waals surface area contributed by atoms with Gasteiger partial charge in [0.05, 0.1) is 11.4 Å². The van der Waals surface area contributed by atoms with Gasteiger partial charge in [-0.05, 0) is 43.4 Å². The van der Waals surface area contributed by atoms with E-state index >= 15 is 0 Å². The molecule has 1 heterocycles. The molecular weight excluding hydrogens is 376 g/mol. The lowest BCUT2D eigenvalue weighted by Gasteiger charge is -2.20. The van der Waals surface area contributed by atoms with Gasteiger partial charge in [-0.1, -0.05) is 30.3 Å². The van der Waals surface area contributed by atoms with Crippen LogP contribution in [0.2, 0.25) is 0 Å². The lowest BCUT2D eigenvalue weighted by Crippen LogP contribution is -2.34. The number of aromatic nitrogens is 2. The van der Waals surface area contributed by atoms with Crippen molar-refractivity contribution in [2.75, 3.05) is 5.32 Å². The molecule has 2 aromatic carbocycles. The van der Waals surface area contributed by atoms with Crippen LogP contribution >= 0.6 is 0 Å². The number of fused-ring (bicyclic) bond motifs is 1. The number of benzene rings is 2. The zero-order valence-electron chi connectivity index (χ0n) is 15.6. The van der Waals surface area contributed by atoms with E-state index in [2.05, 4.69) is 10.4 Å². The highest BCUT2D eigenvalue weighted by atomic mass is 19.1. The van der Waals surface area contributed by atoms with Gasteiger partial charge in [0.1, 0.15) is 18.2 Å². The maximum Gasteiger partial charge on any atom is 0.270 e. The van der Waals surface area contributed by atoms with E-state index in [0.29, 0.717) is 23.7 Å². The van der Waals surface area contributed by atoms with Gasteiger partial charge in [-0.15, -0.1) is 0 Å². The second-order valence-electron chi connectivity index (χ2n) is 7.01. The van der Waals surface area contributed by atoms with Crippen molar-refractivity contribution < 1.29 is 13.6 Å². The van der Waals surface area contributed by atoms with Gasteiger partial charge in [-0.2, -0.15) is 5.10 Å². The number of halogens is 2. The van der Waals surface area contributed by atoms with Gasteiger partial charge in [-0.3, -0.25) is 9.59 Å². The molecule has 7 heteroatoms. The normalized spacial score (nSPS) is 13.0. The smallest absolute Gasteiger partial charge is 0.270 e. The van der Waals surface area contributed by atoms with Gasteiger partial charge in [0.2, 0.25) is 5.91 Å². The van der Waals surface area contributed by atoms with Crippen LogP contribution in [-0.2, 0) is 24.2 Å². The molecule has 1 aromatic heterocycles. The van der Waals surface area contributed by atoms with Crippen molar-refractivity contribution in [1.29, 1.82) is 0 Å². The van der Waals surface area contributed by atoms with Crippen LogP contribution in [0.4, 0.5) is 14.5 Å². The summed E-state index contributed by atoms with van der Waals surface area (Å²) in [5.74, 6) is -2.23. The Labute approximate surface area is 166 Å². The average Bonchev–Trinajstić information content (AvgIpc) is 2.73. The highest BCUT2D eigenvalue weighted by molar-refractivity contribution is 5.90. The van der Waals surface area contributed by atoms with Crippen LogP contribution in [0, 0.1) is 11.6 Å². The van der Waals surface area contributed by atoms with Crippen molar-refractivity contribution in [3.05, 3.63) is 81.6 Å². The standard InChI is InChI=1S/C22H19F2N3O2/c23-15-10-11-19(18(24)12-15)25-20(28)13-27-22(29)17-9-5-4-8-16(17)21(26-27)14-6-2-1-3-7-14/h1-3,6-7,10-12H,4-5,8-9,13H2,(H,25,28). The van der Waals surface area contributed by atoms with Crippen LogP contribution in [0.25, 0.3) is 11.3 Å². The Bertz CT molecular complexity index is 1130. The molecule has 1 aliphatic carbocycles. The summed E-state index contributed by atoms with van der Waals surface area (Å²) in [5.41, 5.74) is 2.75. The van der Waals surface area contributed by atoms with Crippen molar-refractivity contribution >= 4 is 11.6 Å². The Kier molecular flexibility index (Phi) is 5.20. The third-order valence-electron chi connectivity index (χ3n) is 5.01. The number of hydrogen-bond acceptors (Lipinski definition) is 3. The highest BCUT2D eigenvalue weighted by Gasteiger charge is 2.22. The number of rotatable bonds is 4. The molecule has 0 atom stereocenters. The lowest BCUT2D eigenvalue weighted by molar-refractivity contribution is -0.117. The van der Waals surface area contributed by atoms with E-state index < -0.39 is 17.5 Å². The largest absolute Gasteiger partial charge is 0.322 e. The predicted molar refractivity (Wildman–Crippen MR) is 106 cm³/mol. The molecule has 1 amide bonds. The summed E-state index contributed by atoms with van der Waals surface area (Å²) >= 11 is 0. The van der Waals surface area contributed by atoms with Crippen LogP contribution in [-0.4, -0.2) is 15.7 Å². The Morgan fingerprint density at radius 1 is 1.03 bits per heavy atom. The van der Waals surface area contributed by atoms with Gasteiger partial charge in [-0.25, -0.2) is 13.5 Å². The molecule has 0 unspecified atom stereocenters. The molecule has 148 valence electrons. The monoisotopic (exact) mass is 395 g/mol. The number of carbonyl (C=O) groups excluding carboxylic acids is 1. The van der Waals surface area contributed by atoms with Gasteiger partial charge >= 0.3 is 0 Å². The maximum absolute atomic E-state index is 13.8. The first-order valence-corrected chi connectivity index (χ1v) is 9.46. The molecule has 5 nitrogen and oxygen atoms in total. The molecule has 1 N–H and O–H groups in total. The lowest BCUT2D eigenvalue weighted by atomic mass is 9.90. The molecule has 0 spiro atoms. The van der Waals surface area contributed by atoms with E-state index in [1.165, 1.54) is 0 Å². The third-order valence-corrected chi connectivity index (χ3v) is 5.01. The topological polar surface area (TPSA) is 64.0 Å². The van der Waals surface area contributed by atoms with Gasteiger partial charge in [0.25, 0.3) is 5.56 Å². The van der Waals surface area contributed by atoms with E-state index in [-0.39, 0.29) is 17.8 Å². The second-order valence-corrected chi connectivity index (χ2v) is 7.01. The Hall–Kier alpha value is -3.35. The Balaban J connectivity index is 1.68. The van der Waals surface area contributed by atoms with Crippen molar-refractivity contribution in [3.8, 4) is 11.3 Å². The summed E-state index contributed by atoms with van der Waals surface area (Å²) in [6, 6.07) is 12.4. The predicted octanol–water partition coefficient (Wildman–Crippen LogP) is 3.71. The molecule has 29 heavy (non-hydrogen) atoms. The summed E-state index contributed by atoms with van der Waals surface area (Å²) < 4.78 is 28.0. The Morgan fingerprint density at radius 3 is 2.48 bits per heavy atom. The van der Waals surface area contributed by atoms with E-state index in [1.807, 2.05) is 30.3 Å². The number of amides is 1. The zero-order valence-corrected chi connectivity index (χ0v) is 15.6. The van der Waals surface area contributed by atoms with Crippen LogP contribution in [0.5, 0.6) is 0 Å². The highest BCUT2D eigenvalue weighted by Crippen LogP contribution is 2.27. The fraction of sp³-hybridized carbons (Fsp3) is 0.227. The SMILES string of the molecule is O=C(Cn1nc(-c2ccccc2)c2c(c1=O)CCCC2)Nc1ccc(F)cc1F. The van der Waals surface area contributed by atoms with Crippen LogP contribution in [0.3, 0.4) is 0 Å². The van der Waals surface area contributed by atoms with E-state index in [0.717, 1.165) is 47.2 Å². The van der Waals surface area contributed by atoms with Gasteiger partial charge in [0, 0.05) is 17.2 Å². The number of hydrogen-bond donors (Lipinski definition) is 1. The fourth-order valence-electron chi connectivity index (χ4n) is 3.64. The van der Waals surface area contributed by atoms with Gasteiger partial charge in [0.15, 0.2) is 0 Å². The van der Waals surface area contributed by atoms with Crippen LogP contribution < -0.4 is 10.9 Å². The third kappa shape index (κ3) is 3.94. The quantitative estimate of drug-likeness (QED) is 0.733. The molecule has 0 radical (unpaired) electrons.